The van der Waals surface area contributed by atoms with Gasteiger partial charge in [-0.2, -0.15) is 0 Å². The maximum absolute atomic E-state index is 12.8. The Hall–Kier alpha value is -1.64. The lowest BCUT2D eigenvalue weighted by Crippen LogP contribution is -2.33. The summed E-state index contributed by atoms with van der Waals surface area (Å²) in [6.45, 7) is 2.07. The van der Waals surface area contributed by atoms with Crippen molar-refractivity contribution in [3.63, 3.8) is 0 Å². The van der Waals surface area contributed by atoms with Gasteiger partial charge >= 0.3 is 0 Å². The second kappa shape index (κ2) is 7.08. The van der Waals surface area contributed by atoms with Crippen LogP contribution in [0.1, 0.15) is 61.7 Å². The molecule has 2 aliphatic rings. The number of hydrogen-bond acceptors (Lipinski definition) is 2. The van der Waals surface area contributed by atoms with Crippen LogP contribution in [0.15, 0.2) is 35.5 Å². The normalized spacial score (nSPS) is 23.7. The highest BCUT2D eigenvalue weighted by Crippen LogP contribution is 2.21. The summed E-state index contributed by atoms with van der Waals surface area (Å²) in [5, 5.41) is 0. The number of rotatable bonds is 2. The van der Waals surface area contributed by atoms with E-state index in [2.05, 4.69) is 25.1 Å². The molecule has 1 aromatic rings. The van der Waals surface area contributed by atoms with E-state index in [4.69, 9.17) is 4.99 Å². The zero-order chi connectivity index (χ0) is 15.4. The number of pyridine rings is 1. The number of carbonyl (C=O) groups excluding carboxylic acids is 1. The van der Waals surface area contributed by atoms with E-state index in [1.807, 2.05) is 12.3 Å². The predicted molar refractivity (Wildman–Crippen MR) is 88.7 cm³/mol. The molecule has 0 aromatic carbocycles. The lowest BCUT2D eigenvalue weighted by Gasteiger charge is -2.20. The third-order valence-corrected chi connectivity index (χ3v) is 4.84. The lowest BCUT2D eigenvalue weighted by molar-refractivity contribution is 0.0819. The van der Waals surface area contributed by atoms with Gasteiger partial charge in [0.15, 0.2) is 0 Å². The van der Waals surface area contributed by atoms with E-state index < -0.39 is 0 Å². The number of carbonyl (C=O) groups is 1. The summed E-state index contributed by atoms with van der Waals surface area (Å²) in [4.78, 5) is 17.8. The van der Waals surface area contributed by atoms with E-state index in [0.717, 1.165) is 37.6 Å². The molecular weight excluding hydrogens is 272 g/mol. The van der Waals surface area contributed by atoms with Crippen LogP contribution in [0.5, 0.6) is 0 Å². The predicted octanol–water partition coefficient (Wildman–Crippen LogP) is 4.03. The highest BCUT2D eigenvalue weighted by molar-refractivity contribution is 5.81. The van der Waals surface area contributed by atoms with Crippen molar-refractivity contribution >= 4 is 5.91 Å². The van der Waals surface area contributed by atoms with Crippen molar-refractivity contribution in [3.8, 4) is 0 Å². The molecule has 1 heterocycles. The van der Waals surface area contributed by atoms with Gasteiger partial charge in [0.2, 0.25) is 5.91 Å². The molecule has 0 spiro atoms. The highest BCUT2D eigenvalue weighted by Gasteiger charge is 2.21. The Morgan fingerprint density at radius 1 is 1.18 bits per heavy atom. The van der Waals surface area contributed by atoms with E-state index in [9.17, 15) is 4.79 Å². The molecule has 3 nitrogen and oxygen atoms in total. The van der Waals surface area contributed by atoms with Gasteiger partial charge in [0.05, 0.1) is 6.04 Å². The monoisotopic (exact) mass is 298 g/mol. The first-order chi connectivity index (χ1) is 10.7. The third kappa shape index (κ3) is 3.57. The van der Waals surface area contributed by atoms with E-state index in [0.29, 0.717) is 6.04 Å². The van der Waals surface area contributed by atoms with Crippen molar-refractivity contribution in [3.05, 3.63) is 41.5 Å². The maximum atomic E-state index is 12.8. The largest absolute Gasteiger partial charge is 0.274 e. The molecule has 2 aliphatic carbocycles. The van der Waals surface area contributed by atoms with Crippen LogP contribution >= 0.6 is 0 Å². The highest BCUT2D eigenvalue weighted by atomic mass is 16.2. The molecule has 3 rings (SSSR count). The van der Waals surface area contributed by atoms with Gasteiger partial charge in [0.25, 0.3) is 0 Å². The van der Waals surface area contributed by atoms with Gasteiger partial charge in [0.1, 0.15) is 5.49 Å². The van der Waals surface area contributed by atoms with Crippen molar-refractivity contribution < 1.29 is 4.79 Å². The second-order valence-corrected chi connectivity index (χ2v) is 6.67. The number of allylic oxidation sites excluding steroid dienone is 2. The SMILES string of the molecule is Cc1ccn(C(=O)C2CC=CCC2)c(=NC2CCCCC2)c1. The van der Waals surface area contributed by atoms with Gasteiger partial charge in [-0.15, -0.1) is 0 Å². The Balaban J connectivity index is 1.91. The van der Waals surface area contributed by atoms with Crippen LogP contribution in [0.25, 0.3) is 0 Å². The second-order valence-electron chi connectivity index (χ2n) is 6.67. The van der Waals surface area contributed by atoms with Crippen molar-refractivity contribution in [2.75, 3.05) is 0 Å². The molecular formula is C19H26N2O. The van der Waals surface area contributed by atoms with Crippen molar-refractivity contribution in [1.82, 2.24) is 4.57 Å². The molecule has 1 atom stereocenters. The zero-order valence-electron chi connectivity index (χ0n) is 13.5. The molecule has 22 heavy (non-hydrogen) atoms. The average Bonchev–Trinajstić information content (AvgIpc) is 2.56. The van der Waals surface area contributed by atoms with Crippen molar-refractivity contribution in [2.45, 2.75) is 64.3 Å². The van der Waals surface area contributed by atoms with E-state index in [1.54, 1.807) is 4.57 Å². The number of nitrogens with zero attached hydrogens (tertiary/aromatic N) is 2. The van der Waals surface area contributed by atoms with Gasteiger partial charge in [-0.25, -0.2) is 0 Å². The first-order valence-corrected chi connectivity index (χ1v) is 8.66. The van der Waals surface area contributed by atoms with Crippen LogP contribution in [0.4, 0.5) is 0 Å². The molecule has 0 bridgehead atoms. The van der Waals surface area contributed by atoms with Gasteiger partial charge < -0.3 is 0 Å². The average molecular weight is 298 g/mol. The molecule has 0 radical (unpaired) electrons. The summed E-state index contributed by atoms with van der Waals surface area (Å²) in [5.41, 5.74) is 2.02. The number of aromatic nitrogens is 1. The fraction of sp³-hybridized carbons (Fsp3) is 0.579. The van der Waals surface area contributed by atoms with Crippen LogP contribution in [0.3, 0.4) is 0 Å². The standard InChI is InChI=1S/C19H26N2O/c1-15-12-13-21(19(22)16-8-4-2-5-9-16)18(14-15)20-17-10-6-3-7-11-17/h2,4,12-14,16-17H,3,5-11H2,1H3. The molecule has 0 N–H and O–H groups in total. The summed E-state index contributed by atoms with van der Waals surface area (Å²) in [7, 11) is 0. The first kappa shape index (κ1) is 15.3. The topological polar surface area (TPSA) is 34.4 Å². The summed E-state index contributed by atoms with van der Waals surface area (Å²) < 4.78 is 1.80. The molecule has 0 aliphatic heterocycles. The molecule has 0 saturated heterocycles. The summed E-state index contributed by atoms with van der Waals surface area (Å²) in [5.74, 6) is 0.317. The fourth-order valence-electron chi connectivity index (χ4n) is 3.49. The van der Waals surface area contributed by atoms with E-state index in [1.165, 1.54) is 24.8 Å². The summed E-state index contributed by atoms with van der Waals surface area (Å²) >= 11 is 0. The Morgan fingerprint density at radius 2 is 2.00 bits per heavy atom. The van der Waals surface area contributed by atoms with Gasteiger partial charge in [-0.1, -0.05) is 31.4 Å². The molecule has 0 amide bonds. The number of aryl methyl sites for hydroxylation is 1. The van der Waals surface area contributed by atoms with Crippen LogP contribution in [-0.4, -0.2) is 16.5 Å². The zero-order valence-corrected chi connectivity index (χ0v) is 13.5. The van der Waals surface area contributed by atoms with Crippen LogP contribution in [0, 0.1) is 12.8 Å². The number of hydrogen-bond donors (Lipinski definition) is 0. The van der Waals surface area contributed by atoms with Crippen molar-refractivity contribution in [1.29, 1.82) is 0 Å². The van der Waals surface area contributed by atoms with Crippen molar-refractivity contribution in [2.24, 2.45) is 10.9 Å². The fourth-order valence-corrected chi connectivity index (χ4v) is 3.49. The molecule has 1 aromatic heterocycles. The Morgan fingerprint density at radius 3 is 2.73 bits per heavy atom. The Bertz CT molecular complexity index is 621. The van der Waals surface area contributed by atoms with E-state index >= 15 is 0 Å². The van der Waals surface area contributed by atoms with E-state index in [-0.39, 0.29) is 11.8 Å². The van der Waals surface area contributed by atoms with Gasteiger partial charge in [-0.05, 0) is 56.7 Å². The van der Waals surface area contributed by atoms with Gasteiger partial charge in [-0.3, -0.25) is 14.4 Å². The molecule has 1 fully saturated rings. The minimum Gasteiger partial charge on any atom is -0.274 e. The smallest absolute Gasteiger partial charge is 0.235 e. The van der Waals surface area contributed by atoms with Gasteiger partial charge in [0, 0.05) is 12.1 Å². The molecule has 1 unspecified atom stereocenters. The lowest BCUT2D eigenvalue weighted by atomic mass is 9.93. The summed E-state index contributed by atoms with van der Waals surface area (Å²) in [6, 6.07) is 4.46. The molecule has 118 valence electrons. The summed E-state index contributed by atoms with van der Waals surface area (Å²) in [6.07, 6.45) is 15.2. The minimum absolute atomic E-state index is 0.109. The van der Waals surface area contributed by atoms with Crippen LogP contribution in [-0.2, 0) is 0 Å². The van der Waals surface area contributed by atoms with Crippen LogP contribution < -0.4 is 5.49 Å². The molecule has 1 saturated carbocycles. The van der Waals surface area contributed by atoms with Crippen LogP contribution in [0.2, 0.25) is 0 Å². The maximum Gasteiger partial charge on any atom is 0.235 e. The minimum atomic E-state index is 0.109. The Labute approximate surface area is 132 Å². The molecule has 3 heteroatoms. The quantitative estimate of drug-likeness (QED) is 0.759. The Kier molecular flexibility index (Phi) is 4.91. The first-order valence-electron chi connectivity index (χ1n) is 8.66. The third-order valence-electron chi connectivity index (χ3n) is 4.84.